The van der Waals surface area contributed by atoms with E-state index in [9.17, 15) is 14.4 Å². The number of aldehydes is 1. The van der Waals surface area contributed by atoms with Gasteiger partial charge in [-0.3, -0.25) is 9.59 Å². The van der Waals surface area contributed by atoms with Crippen LogP contribution in [0.5, 0.6) is 5.75 Å². The molecule has 2 aromatic carbocycles. The predicted molar refractivity (Wildman–Crippen MR) is 102 cm³/mol. The lowest BCUT2D eigenvalue weighted by Crippen LogP contribution is -2.23. The molecule has 0 heterocycles. The van der Waals surface area contributed by atoms with Gasteiger partial charge in [0.25, 0.3) is 5.91 Å². The number of unbranched alkanes of at least 4 members (excludes halogenated alkanes) is 1. The van der Waals surface area contributed by atoms with Crippen molar-refractivity contribution in [2.45, 2.75) is 26.2 Å². The molecule has 0 aromatic heterocycles. The third-order valence-corrected chi connectivity index (χ3v) is 3.81. The van der Waals surface area contributed by atoms with E-state index in [1.807, 2.05) is 24.3 Å². The lowest BCUT2D eigenvalue weighted by Gasteiger charge is -2.09. The summed E-state index contributed by atoms with van der Waals surface area (Å²) < 4.78 is 10.1. The normalized spacial score (nSPS) is 10.1. The van der Waals surface area contributed by atoms with Crippen molar-refractivity contribution < 1.29 is 23.9 Å². The number of esters is 1. The lowest BCUT2D eigenvalue weighted by atomic mass is 10.1. The van der Waals surface area contributed by atoms with Gasteiger partial charge in [-0.25, -0.2) is 4.79 Å². The Kier molecular flexibility index (Phi) is 8.03. The number of carbonyl (C=O) groups is 3. The standard InChI is InChI=1S/C21H23NO5/c1-2-3-6-16-9-11-18(12-10-16)22-20(24)14-27-21(25)15-26-19-8-5-4-7-17(19)13-23/h4-5,7-13H,2-3,6,14-15H2,1H3,(H,22,24). The van der Waals surface area contributed by atoms with Crippen molar-refractivity contribution in [3.8, 4) is 5.75 Å². The van der Waals surface area contributed by atoms with Crippen molar-refractivity contribution in [1.82, 2.24) is 0 Å². The van der Waals surface area contributed by atoms with E-state index in [0.717, 1.165) is 19.3 Å². The third kappa shape index (κ3) is 6.93. The summed E-state index contributed by atoms with van der Waals surface area (Å²) in [4.78, 5) is 34.5. The van der Waals surface area contributed by atoms with Crippen LogP contribution in [0.3, 0.4) is 0 Å². The Hall–Kier alpha value is -3.15. The van der Waals surface area contributed by atoms with Crippen molar-refractivity contribution in [1.29, 1.82) is 0 Å². The lowest BCUT2D eigenvalue weighted by molar-refractivity contribution is -0.149. The van der Waals surface area contributed by atoms with Crippen LogP contribution in [-0.4, -0.2) is 31.4 Å². The largest absolute Gasteiger partial charge is 0.481 e. The first-order chi connectivity index (χ1) is 13.1. The molecule has 0 spiro atoms. The van der Waals surface area contributed by atoms with E-state index in [1.165, 1.54) is 5.56 Å². The van der Waals surface area contributed by atoms with Crippen LogP contribution in [0.15, 0.2) is 48.5 Å². The molecule has 0 saturated heterocycles. The summed E-state index contributed by atoms with van der Waals surface area (Å²) in [7, 11) is 0. The summed E-state index contributed by atoms with van der Waals surface area (Å²) in [5.41, 5.74) is 2.20. The Morgan fingerprint density at radius 3 is 2.48 bits per heavy atom. The molecule has 0 fully saturated rings. The number of rotatable bonds is 10. The number of para-hydroxylation sites is 1. The molecule has 2 rings (SSSR count). The predicted octanol–water partition coefficient (Wildman–Crippen LogP) is 3.40. The van der Waals surface area contributed by atoms with Gasteiger partial charge < -0.3 is 14.8 Å². The third-order valence-electron chi connectivity index (χ3n) is 3.81. The van der Waals surface area contributed by atoms with Crippen molar-refractivity contribution in [2.24, 2.45) is 0 Å². The van der Waals surface area contributed by atoms with E-state index >= 15 is 0 Å². The van der Waals surface area contributed by atoms with Crippen LogP contribution >= 0.6 is 0 Å². The zero-order valence-electron chi connectivity index (χ0n) is 15.3. The number of hydrogen-bond donors (Lipinski definition) is 1. The second-order valence-corrected chi connectivity index (χ2v) is 5.95. The van der Waals surface area contributed by atoms with Crippen LogP contribution in [-0.2, 0) is 20.7 Å². The Labute approximate surface area is 158 Å². The van der Waals surface area contributed by atoms with Crippen molar-refractivity contribution in [2.75, 3.05) is 18.5 Å². The maximum absolute atomic E-state index is 11.9. The van der Waals surface area contributed by atoms with Crippen LogP contribution in [0.4, 0.5) is 5.69 Å². The smallest absolute Gasteiger partial charge is 0.344 e. The summed E-state index contributed by atoms with van der Waals surface area (Å²) in [5.74, 6) is -0.837. The van der Waals surface area contributed by atoms with E-state index in [2.05, 4.69) is 12.2 Å². The molecule has 0 radical (unpaired) electrons. The maximum Gasteiger partial charge on any atom is 0.344 e. The van der Waals surface area contributed by atoms with E-state index < -0.39 is 18.5 Å². The molecule has 0 unspecified atom stereocenters. The van der Waals surface area contributed by atoms with Gasteiger partial charge in [-0.15, -0.1) is 0 Å². The quantitative estimate of drug-likeness (QED) is 0.513. The van der Waals surface area contributed by atoms with Gasteiger partial charge in [0.15, 0.2) is 19.5 Å². The first-order valence-electron chi connectivity index (χ1n) is 8.83. The minimum absolute atomic E-state index is 0.289. The Bertz CT molecular complexity index is 770. The molecule has 0 saturated carbocycles. The molecule has 1 amide bonds. The Morgan fingerprint density at radius 2 is 1.78 bits per heavy atom. The molecule has 2 aromatic rings. The highest BCUT2D eigenvalue weighted by atomic mass is 16.6. The van der Waals surface area contributed by atoms with Gasteiger partial charge in [-0.1, -0.05) is 37.6 Å². The average Bonchev–Trinajstić information content (AvgIpc) is 2.70. The zero-order chi connectivity index (χ0) is 19.5. The number of aryl methyl sites for hydroxylation is 1. The minimum Gasteiger partial charge on any atom is -0.481 e. The molecule has 6 nitrogen and oxygen atoms in total. The monoisotopic (exact) mass is 369 g/mol. The number of benzene rings is 2. The van der Waals surface area contributed by atoms with Gasteiger partial charge in [0.05, 0.1) is 5.56 Å². The first kappa shape index (κ1) is 20.2. The zero-order valence-corrected chi connectivity index (χ0v) is 15.3. The molecule has 0 aliphatic rings. The maximum atomic E-state index is 11.9. The fraction of sp³-hybridized carbons (Fsp3) is 0.286. The van der Waals surface area contributed by atoms with Crippen molar-refractivity contribution in [3.05, 3.63) is 59.7 Å². The summed E-state index contributed by atoms with van der Waals surface area (Å²) >= 11 is 0. The first-order valence-corrected chi connectivity index (χ1v) is 8.83. The molecule has 142 valence electrons. The average molecular weight is 369 g/mol. The highest BCUT2D eigenvalue weighted by molar-refractivity contribution is 5.92. The van der Waals surface area contributed by atoms with Gasteiger partial charge >= 0.3 is 5.97 Å². The molecule has 6 heteroatoms. The van der Waals surface area contributed by atoms with Crippen molar-refractivity contribution >= 4 is 23.9 Å². The van der Waals surface area contributed by atoms with Crippen LogP contribution in [0.25, 0.3) is 0 Å². The fourth-order valence-electron chi connectivity index (χ4n) is 2.37. The van der Waals surface area contributed by atoms with Gasteiger partial charge in [0, 0.05) is 5.69 Å². The Balaban J connectivity index is 1.73. The number of ether oxygens (including phenoxy) is 2. The second-order valence-electron chi connectivity index (χ2n) is 5.95. The van der Waals surface area contributed by atoms with Crippen molar-refractivity contribution in [3.63, 3.8) is 0 Å². The van der Waals surface area contributed by atoms with Gasteiger partial charge in [-0.05, 0) is 42.7 Å². The van der Waals surface area contributed by atoms with Crippen LogP contribution in [0.1, 0.15) is 35.7 Å². The SMILES string of the molecule is CCCCc1ccc(NC(=O)COC(=O)COc2ccccc2C=O)cc1. The number of hydrogen-bond acceptors (Lipinski definition) is 5. The summed E-state index contributed by atoms with van der Waals surface area (Å²) in [6, 6.07) is 14.1. The molecule has 1 N–H and O–H groups in total. The van der Waals surface area contributed by atoms with E-state index in [1.54, 1.807) is 24.3 Å². The summed E-state index contributed by atoms with van der Waals surface area (Å²) in [6.07, 6.45) is 3.91. The van der Waals surface area contributed by atoms with Gasteiger partial charge in [0.2, 0.25) is 0 Å². The molecular formula is C21H23NO5. The number of nitrogens with one attached hydrogen (secondary N) is 1. The molecule has 27 heavy (non-hydrogen) atoms. The van der Waals surface area contributed by atoms with Crippen LogP contribution < -0.4 is 10.1 Å². The molecule has 0 aliphatic carbocycles. The van der Waals surface area contributed by atoms with E-state index in [-0.39, 0.29) is 12.4 Å². The van der Waals surface area contributed by atoms with Crippen LogP contribution in [0, 0.1) is 0 Å². The molecule has 0 atom stereocenters. The summed E-state index contributed by atoms with van der Waals surface area (Å²) in [6.45, 7) is 1.35. The fourth-order valence-corrected chi connectivity index (χ4v) is 2.37. The number of carbonyl (C=O) groups excluding carboxylic acids is 3. The molecule has 0 bridgehead atoms. The van der Waals surface area contributed by atoms with Gasteiger partial charge in [-0.2, -0.15) is 0 Å². The van der Waals surface area contributed by atoms with E-state index in [4.69, 9.17) is 9.47 Å². The second kappa shape index (κ2) is 10.8. The van der Waals surface area contributed by atoms with E-state index in [0.29, 0.717) is 17.5 Å². The topological polar surface area (TPSA) is 81.7 Å². The Morgan fingerprint density at radius 1 is 1.04 bits per heavy atom. The highest BCUT2D eigenvalue weighted by Crippen LogP contribution is 2.15. The summed E-state index contributed by atoms with van der Waals surface area (Å²) in [5, 5.41) is 2.67. The van der Waals surface area contributed by atoms with Gasteiger partial charge in [0.1, 0.15) is 5.75 Å². The number of anilines is 1. The molecule has 0 aliphatic heterocycles. The highest BCUT2D eigenvalue weighted by Gasteiger charge is 2.10. The minimum atomic E-state index is -0.694. The van der Waals surface area contributed by atoms with Crippen LogP contribution in [0.2, 0.25) is 0 Å². The number of amides is 1. The molecular weight excluding hydrogens is 346 g/mol.